The molecule has 3 aromatic carbocycles. The maximum Gasteiger partial charge on any atom is 0.173 e. The molecule has 1 aromatic heterocycles. The van der Waals surface area contributed by atoms with E-state index in [1.807, 2.05) is 22.8 Å². The summed E-state index contributed by atoms with van der Waals surface area (Å²) in [6.07, 6.45) is 2.41. The highest BCUT2D eigenvalue weighted by atomic mass is 35.5. The molecule has 0 saturated carbocycles. The first-order valence-electron chi connectivity index (χ1n) is 11.7. The predicted molar refractivity (Wildman–Crippen MR) is 147 cm³/mol. The van der Waals surface area contributed by atoms with Gasteiger partial charge in [0.25, 0.3) is 0 Å². The van der Waals surface area contributed by atoms with Gasteiger partial charge in [-0.2, -0.15) is 12.6 Å². The minimum absolute atomic E-state index is 0.290. The van der Waals surface area contributed by atoms with Crippen molar-refractivity contribution in [1.82, 2.24) is 9.55 Å². The molecule has 1 heterocycles. The van der Waals surface area contributed by atoms with Gasteiger partial charge >= 0.3 is 0 Å². The molecule has 0 N–H and O–H groups in total. The molecule has 0 aliphatic heterocycles. The zero-order chi connectivity index (χ0) is 26.2. The SMILES string of the molecule is COc1ccc([C@]2(S)CCCc3nc(SCc4c(F)cccc4Cl)n(-c4ccc(F)cc4)c32)cc1OC. The lowest BCUT2D eigenvalue weighted by Crippen LogP contribution is -2.29. The standard InChI is InChI=1S/C28H25ClF2N2O2S2/c1-34-24-13-8-17(15-25(24)35-2)28(36)14-4-7-23-26(28)33(19-11-9-18(30)10-12-19)27(32-23)37-16-20-21(29)5-3-6-22(20)31/h3,5-6,8-13,15,36H,4,7,14,16H2,1-2H3/t28-/m1/s1. The fourth-order valence-corrected chi connectivity index (χ4v) is 6.68. The summed E-state index contributed by atoms with van der Waals surface area (Å²) >= 11 is 12.9. The van der Waals surface area contributed by atoms with Crippen molar-refractivity contribution in [2.45, 2.75) is 34.9 Å². The predicted octanol–water partition coefficient (Wildman–Crippen LogP) is 7.62. The second-order valence-corrected chi connectivity index (χ2v) is 10.9. The third-order valence-corrected chi connectivity index (χ3v) is 8.63. The number of rotatable bonds is 7. The minimum atomic E-state index is -0.705. The second kappa shape index (κ2) is 10.6. The van der Waals surface area contributed by atoms with Crippen molar-refractivity contribution < 1.29 is 18.3 Å². The van der Waals surface area contributed by atoms with Crippen molar-refractivity contribution in [3.63, 3.8) is 0 Å². The first-order valence-corrected chi connectivity index (χ1v) is 13.6. The summed E-state index contributed by atoms with van der Waals surface area (Å²) in [6.45, 7) is 0. The van der Waals surface area contributed by atoms with Crippen LogP contribution in [0.25, 0.3) is 5.69 Å². The highest BCUT2D eigenvalue weighted by molar-refractivity contribution is 7.98. The zero-order valence-electron chi connectivity index (χ0n) is 20.3. The van der Waals surface area contributed by atoms with Gasteiger partial charge in [-0.15, -0.1) is 0 Å². The van der Waals surface area contributed by atoms with E-state index in [1.54, 1.807) is 38.5 Å². The monoisotopic (exact) mass is 558 g/mol. The van der Waals surface area contributed by atoms with Crippen molar-refractivity contribution in [2.24, 2.45) is 0 Å². The minimum Gasteiger partial charge on any atom is -0.493 e. The summed E-state index contributed by atoms with van der Waals surface area (Å²) in [6, 6.07) is 16.7. The van der Waals surface area contributed by atoms with Gasteiger partial charge in [0.1, 0.15) is 11.6 Å². The van der Waals surface area contributed by atoms with Crippen LogP contribution >= 0.6 is 36.0 Å². The average Bonchev–Trinajstić information content (AvgIpc) is 3.28. The fourth-order valence-electron chi connectivity index (χ4n) is 4.78. The van der Waals surface area contributed by atoms with E-state index >= 15 is 0 Å². The largest absolute Gasteiger partial charge is 0.493 e. The van der Waals surface area contributed by atoms with E-state index in [2.05, 4.69) is 0 Å². The molecule has 37 heavy (non-hydrogen) atoms. The summed E-state index contributed by atoms with van der Waals surface area (Å²) in [5.41, 5.74) is 3.91. The van der Waals surface area contributed by atoms with E-state index in [0.29, 0.717) is 33.0 Å². The summed E-state index contributed by atoms with van der Waals surface area (Å²) in [5, 5.41) is 1.03. The normalized spacial score (nSPS) is 16.9. The van der Waals surface area contributed by atoms with Crippen LogP contribution in [0, 0.1) is 11.6 Å². The number of halogens is 3. The molecule has 4 nitrogen and oxygen atoms in total. The molecule has 9 heteroatoms. The number of fused-ring (bicyclic) bond motifs is 1. The highest BCUT2D eigenvalue weighted by Gasteiger charge is 2.41. The molecule has 5 rings (SSSR count). The molecule has 0 spiro atoms. The van der Waals surface area contributed by atoms with Gasteiger partial charge in [0.05, 0.1) is 30.4 Å². The maximum atomic E-state index is 14.5. The number of aryl methyl sites for hydroxylation is 1. The fraction of sp³-hybridized carbons (Fsp3) is 0.250. The summed E-state index contributed by atoms with van der Waals surface area (Å²) < 4.78 is 40.7. The van der Waals surface area contributed by atoms with Crippen molar-refractivity contribution in [2.75, 3.05) is 14.2 Å². The van der Waals surface area contributed by atoms with Gasteiger partial charge in [0.2, 0.25) is 0 Å². The maximum absolute atomic E-state index is 14.5. The Kier molecular flexibility index (Phi) is 7.43. The molecule has 1 atom stereocenters. The van der Waals surface area contributed by atoms with Crippen molar-refractivity contribution in [3.05, 3.63) is 99.8 Å². The number of ether oxygens (including phenoxy) is 2. The Morgan fingerprint density at radius 2 is 1.81 bits per heavy atom. The van der Waals surface area contributed by atoms with Crippen LogP contribution in [0.15, 0.2) is 65.8 Å². The van der Waals surface area contributed by atoms with Crippen LogP contribution in [-0.2, 0) is 16.9 Å². The van der Waals surface area contributed by atoms with E-state index in [9.17, 15) is 8.78 Å². The number of thiol groups is 1. The van der Waals surface area contributed by atoms with Gasteiger partial charge in [0, 0.05) is 22.0 Å². The topological polar surface area (TPSA) is 36.3 Å². The second-order valence-electron chi connectivity index (χ2n) is 8.77. The lowest BCUT2D eigenvalue weighted by molar-refractivity contribution is 0.354. The van der Waals surface area contributed by atoms with E-state index in [1.165, 1.54) is 30.0 Å². The molecule has 0 saturated heterocycles. The number of aromatic nitrogens is 2. The molecule has 0 bridgehead atoms. The lowest BCUT2D eigenvalue weighted by Gasteiger charge is -2.35. The van der Waals surface area contributed by atoms with Crippen LogP contribution in [0.4, 0.5) is 8.78 Å². The van der Waals surface area contributed by atoms with Crippen LogP contribution < -0.4 is 9.47 Å². The molecule has 4 aromatic rings. The first-order chi connectivity index (χ1) is 17.9. The van der Waals surface area contributed by atoms with Gasteiger partial charge in [-0.25, -0.2) is 13.8 Å². The van der Waals surface area contributed by atoms with E-state index < -0.39 is 4.75 Å². The van der Waals surface area contributed by atoms with Crippen LogP contribution in [0.3, 0.4) is 0 Å². The average molecular weight is 559 g/mol. The molecule has 0 amide bonds. The first kappa shape index (κ1) is 25.9. The van der Waals surface area contributed by atoms with E-state index in [4.69, 9.17) is 38.7 Å². The lowest BCUT2D eigenvalue weighted by atomic mass is 9.83. The summed E-state index contributed by atoms with van der Waals surface area (Å²) in [4.78, 5) is 4.98. The van der Waals surface area contributed by atoms with Crippen LogP contribution in [-0.4, -0.2) is 23.8 Å². The number of thioether (sulfide) groups is 1. The molecular formula is C28H25ClF2N2O2S2. The molecule has 192 valence electrons. The van der Waals surface area contributed by atoms with E-state index in [-0.39, 0.29) is 11.6 Å². The van der Waals surface area contributed by atoms with Gasteiger partial charge in [0.15, 0.2) is 16.7 Å². The van der Waals surface area contributed by atoms with Crippen LogP contribution in [0.1, 0.15) is 35.4 Å². The number of hydrogen-bond acceptors (Lipinski definition) is 5. The third kappa shape index (κ3) is 4.82. The van der Waals surface area contributed by atoms with Crippen molar-refractivity contribution in [3.8, 4) is 17.2 Å². The summed E-state index contributed by atoms with van der Waals surface area (Å²) in [5.74, 6) is 0.834. The molecule has 0 fully saturated rings. The quantitative estimate of drug-likeness (QED) is 0.187. The number of methoxy groups -OCH3 is 2. The Morgan fingerprint density at radius 3 is 2.51 bits per heavy atom. The Morgan fingerprint density at radius 1 is 1.05 bits per heavy atom. The van der Waals surface area contributed by atoms with E-state index in [0.717, 1.165) is 41.9 Å². The van der Waals surface area contributed by atoms with Crippen molar-refractivity contribution >= 4 is 36.0 Å². The van der Waals surface area contributed by atoms with Crippen LogP contribution in [0.2, 0.25) is 5.02 Å². The zero-order valence-corrected chi connectivity index (χ0v) is 22.8. The highest BCUT2D eigenvalue weighted by Crippen LogP contribution is 2.49. The van der Waals surface area contributed by atoms with Gasteiger partial charge in [-0.1, -0.05) is 35.5 Å². The Balaban J connectivity index is 1.66. The number of hydrogen-bond donors (Lipinski definition) is 1. The number of nitrogens with zero attached hydrogens (tertiary/aromatic N) is 2. The van der Waals surface area contributed by atoms with Crippen molar-refractivity contribution in [1.29, 1.82) is 0 Å². The smallest absolute Gasteiger partial charge is 0.173 e. The van der Waals surface area contributed by atoms with Gasteiger partial charge < -0.3 is 9.47 Å². The molecule has 1 aliphatic carbocycles. The Hall–Kier alpha value is -2.68. The Labute approximate surface area is 229 Å². The number of imidazole rings is 1. The third-order valence-electron chi connectivity index (χ3n) is 6.62. The van der Waals surface area contributed by atoms with Gasteiger partial charge in [-0.05, 0) is 73.4 Å². The van der Waals surface area contributed by atoms with Crippen LogP contribution in [0.5, 0.6) is 11.5 Å². The molecule has 0 unspecified atom stereocenters. The number of benzene rings is 3. The molecule has 1 aliphatic rings. The molecular weight excluding hydrogens is 534 g/mol. The summed E-state index contributed by atoms with van der Waals surface area (Å²) in [7, 11) is 3.20. The Bertz CT molecular complexity index is 1420. The molecule has 0 radical (unpaired) electrons. The van der Waals surface area contributed by atoms with Gasteiger partial charge in [-0.3, -0.25) is 4.57 Å².